The monoisotopic (exact) mass is 294 g/mol. The molecule has 1 aliphatic carbocycles. The Balaban J connectivity index is 1.71. The Morgan fingerprint density at radius 1 is 1.38 bits per heavy atom. The first-order valence-electron chi connectivity index (χ1n) is 8.00. The quantitative estimate of drug-likeness (QED) is 0.761. The van der Waals surface area contributed by atoms with E-state index in [1.165, 1.54) is 0 Å². The minimum absolute atomic E-state index is 0.0793. The number of nitrogens with zero attached hydrogens (tertiary/aromatic N) is 2. The summed E-state index contributed by atoms with van der Waals surface area (Å²) in [5.74, 6) is 1.46. The number of carbonyl (C=O) groups excluding carboxylic acids is 1. The number of nitrogens with two attached hydrogens (primary N) is 1. The van der Waals surface area contributed by atoms with Crippen LogP contribution in [0, 0.1) is 0 Å². The van der Waals surface area contributed by atoms with Gasteiger partial charge >= 0.3 is 0 Å². The Morgan fingerprint density at radius 3 is 2.81 bits per heavy atom. The Kier molecular flexibility index (Phi) is 5.73. The van der Waals surface area contributed by atoms with E-state index in [9.17, 15) is 4.79 Å². The van der Waals surface area contributed by atoms with Crippen molar-refractivity contribution in [3.05, 3.63) is 11.7 Å². The third kappa shape index (κ3) is 4.52. The minimum Gasteiger partial charge on any atom is -0.349 e. The van der Waals surface area contributed by atoms with Crippen molar-refractivity contribution in [2.45, 2.75) is 70.3 Å². The standard InChI is InChI=1S/C15H26N4O2/c1-2-6-12-17-14(21-19-12)8-5-7-13(20)18-15(11-16)9-3-4-10-15/h2-11,16H2,1H3,(H,18,20). The summed E-state index contributed by atoms with van der Waals surface area (Å²) >= 11 is 0. The number of nitrogens with one attached hydrogen (secondary N) is 1. The molecule has 6 heteroatoms. The van der Waals surface area contributed by atoms with Crippen molar-refractivity contribution in [1.29, 1.82) is 0 Å². The summed E-state index contributed by atoms with van der Waals surface area (Å²) in [6.07, 6.45) is 8.00. The first kappa shape index (κ1) is 15.9. The minimum atomic E-state index is -0.157. The molecule has 0 aromatic carbocycles. The number of rotatable bonds is 8. The highest BCUT2D eigenvalue weighted by atomic mass is 16.5. The van der Waals surface area contributed by atoms with Crippen LogP contribution in [0.4, 0.5) is 0 Å². The Bertz CT molecular complexity index is 452. The zero-order chi connectivity index (χ0) is 15.1. The average molecular weight is 294 g/mol. The van der Waals surface area contributed by atoms with Crippen LogP contribution < -0.4 is 11.1 Å². The molecule has 6 nitrogen and oxygen atoms in total. The van der Waals surface area contributed by atoms with Gasteiger partial charge in [-0.1, -0.05) is 24.9 Å². The molecule has 3 N–H and O–H groups in total. The van der Waals surface area contributed by atoms with E-state index in [1.54, 1.807) is 0 Å². The molecule has 0 unspecified atom stereocenters. The molecular weight excluding hydrogens is 268 g/mol. The van der Waals surface area contributed by atoms with E-state index in [0.717, 1.165) is 50.8 Å². The lowest BCUT2D eigenvalue weighted by atomic mass is 9.97. The van der Waals surface area contributed by atoms with Crippen molar-refractivity contribution in [2.75, 3.05) is 6.54 Å². The molecule has 1 heterocycles. The lowest BCUT2D eigenvalue weighted by molar-refractivity contribution is -0.123. The van der Waals surface area contributed by atoms with Crippen molar-refractivity contribution in [2.24, 2.45) is 5.73 Å². The second-order valence-corrected chi connectivity index (χ2v) is 5.95. The number of aromatic nitrogens is 2. The molecule has 1 amide bonds. The van der Waals surface area contributed by atoms with Crippen LogP contribution in [-0.4, -0.2) is 28.1 Å². The third-order valence-electron chi connectivity index (χ3n) is 4.13. The van der Waals surface area contributed by atoms with Crippen LogP contribution in [0.15, 0.2) is 4.52 Å². The van der Waals surface area contributed by atoms with Crippen LogP contribution in [0.2, 0.25) is 0 Å². The van der Waals surface area contributed by atoms with E-state index in [4.69, 9.17) is 10.3 Å². The fourth-order valence-electron chi connectivity index (χ4n) is 2.91. The maximum absolute atomic E-state index is 12.0. The van der Waals surface area contributed by atoms with E-state index in [1.807, 2.05) is 0 Å². The van der Waals surface area contributed by atoms with E-state index < -0.39 is 0 Å². The molecule has 1 aromatic rings. The lowest BCUT2D eigenvalue weighted by Crippen LogP contribution is -2.51. The fourth-order valence-corrected chi connectivity index (χ4v) is 2.91. The lowest BCUT2D eigenvalue weighted by Gasteiger charge is -2.28. The maximum atomic E-state index is 12.0. The van der Waals surface area contributed by atoms with Gasteiger partial charge in [-0.2, -0.15) is 4.98 Å². The van der Waals surface area contributed by atoms with Crippen LogP contribution in [0.25, 0.3) is 0 Å². The second kappa shape index (κ2) is 7.54. The summed E-state index contributed by atoms with van der Waals surface area (Å²) in [7, 11) is 0. The van der Waals surface area contributed by atoms with Gasteiger partial charge < -0.3 is 15.6 Å². The number of hydrogen-bond donors (Lipinski definition) is 2. The van der Waals surface area contributed by atoms with Gasteiger partial charge in [0.25, 0.3) is 0 Å². The molecular formula is C15H26N4O2. The molecule has 0 radical (unpaired) electrons. The van der Waals surface area contributed by atoms with Crippen molar-refractivity contribution in [1.82, 2.24) is 15.5 Å². The normalized spacial score (nSPS) is 17.0. The Morgan fingerprint density at radius 2 is 2.14 bits per heavy atom. The largest absolute Gasteiger partial charge is 0.349 e. The molecule has 0 saturated heterocycles. The summed E-state index contributed by atoms with van der Waals surface area (Å²) < 4.78 is 5.16. The van der Waals surface area contributed by atoms with Crippen LogP contribution in [0.5, 0.6) is 0 Å². The molecule has 1 saturated carbocycles. The van der Waals surface area contributed by atoms with Gasteiger partial charge in [-0.25, -0.2) is 0 Å². The Hall–Kier alpha value is -1.43. The van der Waals surface area contributed by atoms with Crippen LogP contribution in [0.1, 0.15) is 63.6 Å². The zero-order valence-corrected chi connectivity index (χ0v) is 12.9. The van der Waals surface area contributed by atoms with Crippen molar-refractivity contribution >= 4 is 5.91 Å². The Labute approximate surface area is 125 Å². The summed E-state index contributed by atoms with van der Waals surface area (Å²) in [5, 5.41) is 7.03. The molecule has 118 valence electrons. The van der Waals surface area contributed by atoms with E-state index >= 15 is 0 Å². The molecule has 2 rings (SSSR count). The van der Waals surface area contributed by atoms with E-state index in [-0.39, 0.29) is 11.4 Å². The second-order valence-electron chi connectivity index (χ2n) is 5.95. The molecule has 0 atom stereocenters. The predicted octanol–water partition coefficient (Wildman–Crippen LogP) is 1.73. The van der Waals surface area contributed by atoms with Crippen molar-refractivity contribution < 1.29 is 9.32 Å². The highest BCUT2D eigenvalue weighted by Gasteiger charge is 2.33. The first-order valence-corrected chi connectivity index (χ1v) is 8.00. The van der Waals surface area contributed by atoms with Crippen molar-refractivity contribution in [3.63, 3.8) is 0 Å². The SMILES string of the molecule is CCCc1noc(CCCC(=O)NC2(CN)CCCC2)n1. The van der Waals surface area contributed by atoms with Gasteiger partial charge in [0.05, 0.1) is 5.54 Å². The van der Waals surface area contributed by atoms with Crippen LogP contribution >= 0.6 is 0 Å². The molecule has 0 bridgehead atoms. The number of amides is 1. The fraction of sp³-hybridized carbons (Fsp3) is 0.800. The van der Waals surface area contributed by atoms with Gasteiger partial charge in [-0.15, -0.1) is 0 Å². The zero-order valence-electron chi connectivity index (χ0n) is 12.9. The topological polar surface area (TPSA) is 94.0 Å². The van der Waals surface area contributed by atoms with Gasteiger partial charge in [0.1, 0.15) is 0 Å². The van der Waals surface area contributed by atoms with Crippen LogP contribution in [0.3, 0.4) is 0 Å². The summed E-state index contributed by atoms with van der Waals surface area (Å²) in [4.78, 5) is 16.3. The molecule has 1 fully saturated rings. The smallest absolute Gasteiger partial charge is 0.226 e. The first-order chi connectivity index (χ1) is 10.2. The highest BCUT2D eigenvalue weighted by Crippen LogP contribution is 2.28. The summed E-state index contributed by atoms with van der Waals surface area (Å²) in [6.45, 7) is 2.61. The number of hydrogen-bond acceptors (Lipinski definition) is 5. The highest BCUT2D eigenvalue weighted by molar-refractivity contribution is 5.76. The van der Waals surface area contributed by atoms with Crippen LogP contribution in [-0.2, 0) is 17.6 Å². The molecule has 1 aromatic heterocycles. The molecule has 0 spiro atoms. The average Bonchev–Trinajstić information content (AvgIpc) is 3.10. The van der Waals surface area contributed by atoms with E-state index in [0.29, 0.717) is 25.3 Å². The van der Waals surface area contributed by atoms with E-state index in [2.05, 4.69) is 22.4 Å². The van der Waals surface area contributed by atoms with Gasteiger partial charge in [-0.3, -0.25) is 4.79 Å². The molecule has 1 aliphatic rings. The summed E-state index contributed by atoms with van der Waals surface area (Å²) in [5.41, 5.74) is 5.66. The predicted molar refractivity (Wildman–Crippen MR) is 79.6 cm³/mol. The van der Waals surface area contributed by atoms with Gasteiger partial charge in [0.15, 0.2) is 5.82 Å². The molecule has 21 heavy (non-hydrogen) atoms. The van der Waals surface area contributed by atoms with Crippen molar-refractivity contribution in [3.8, 4) is 0 Å². The van der Waals surface area contributed by atoms with Gasteiger partial charge in [0.2, 0.25) is 11.8 Å². The molecule has 0 aliphatic heterocycles. The third-order valence-corrected chi connectivity index (χ3v) is 4.13. The number of carbonyl (C=O) groups is 1. The van der Waals surface area contributed by atoms with Gasteiger partial charge in [-0.05, 0) is 25.7 Å². The number of aryl methyl sites for hydroxylation is 2. The summed E-state index contributed by atoms with van der Waals surface area (Å²) in [6, 6.07) is 0. The van der Waals surface area contributed by atoms with Gasteiger partial charge in [0, 0.05) is 25.8 Å². The maximum Gasteiger partial charge on any atom is 0.226 e.